The minimum atomic E-state index is -4.61. The summed E-state index contributed by atoms with van der Waals surface area (Å²) in [6.45, 7) is 1.74. The average molecular weight is 270 g/mol. The maximum absolute atomic E-state index is 11.1. The molecule has 2 radical (unpaired) electrons. The van der Waals surface area contributed by atoms with E-state index in [0.717, 1.165) is 5.56 Å². The molecule has 1 aromatic heterocycles. The molecule has 0 aliphatic carbocycles. The smallest absolute Gasteiger partial charge is 0.423 e. The Bertz CT molecular complexity index is 677. The van der Waals surface area contributed by atoms with E-state index in [1.807, 2.05) is 0 Å². The van der Waals surface area contributed by atoms with Crippen LogP contribution >= 0.6 is 7.82 Å². The Balaban J connectivity index is 0.00000162. The van der Waals surface area contributed by atoms with E-state index in [9.17, 15) is 9.36 Å². The van der Waals surface area contributed by atoms with Crippen molar-refractivity contribution in [2.24, 2.45) is 0 Å². The Labute approximate surface area is 132 Å². The molecule has 0 atom stereocenters. The first-order chi connectivity index (χ1) is 7.85. The van der Waals surface area contributed by atoms with E-state index in [-0.39, 0.29) is 49.1 Å². The van der Waals surface area contributed by atoms with Gasteiger partial charge >= 0.3 is 13.4 Å². The Morgan fingerprint density at radius 3 is 2.42 bits per heavy atom. The van der Waals surface area contributed by atoms with Gasteiger partial charge in [-0.15, -0.1) is 0 Å². The molecular formula is C10H9Li2O6P. The second kappa shape index (κ2) is 6.84. The molecule has 1 aromatic carbocycles. The molecule has 0 unspecified atom stereocenters. The monoisotopic (exact) mass is 270 g/mol. The number of aryl methyl sites for hydroxylation is 1. The maximum atomic E-state index is 11.1. The third-order valence-electron chi connectivity index (χ3n) is 2.15. The van der Waals surface area contributed by atoms with Crippen LogP contribution in [0.3, 0.4) is 0 Å². The van der Waals surface area contributed by atoms with Crippen molar-refractivity contribution in [1.29, 1.82) is 0 Å². The predicted octanol–water partition coefficient (Wildman–Crippen LogP) is 0.811. The van der Waals surface area contributed by atoms with E-state index in [4.69, 9.17) is 14.2 Å². The van der Waals surface area contributed by atoms with Crippen molar-refractivity contribution in [2.75, 3.05) is 0 Å². The quantitative estimate of drug-likeness (QED) is 0.476. The van der Waals surface area contributed by atoms with Gasteiger partial charge in [-0.1, -0.05) is 0 Å². The third-order valence-corrected chi connectivity index (χ3v) is 2.60. The maximum Gasteiger partial charge on any atom is 0.524 e. The molecule has 0 saturated heterocycles. The van der Waals surface area contributed by atoms with Gasteiger partial charge in [-0.2, -0.15) is 0 Å². The van der Waals surface area contributed by atoms with Gasteiger partial charge in [-0.25, -0.2) is 9.36 Å². The second-order valence-electron chi connectivity index (χ2n) is 3.49. The van der Waals surface area contributed by atoms with Crippen molar-refractivity contribution < 1.29 is 23.3 Å². The molecule has 6 nitrogen and oxygen atoms in total. The molecule has 2 N–H and O–H groups in total. The molecule has 19 heavy (non-hydrogen) atoms. The summed E-state index contributed by atoms with van der Waals surface area (Å²) in [5.41, 5.74) is 0.420. The van der Waals surface area contributed by atoms with Crippen molar-refractivity contribution in [2.45, 2.75) is 6.92 Å². The summed E-state index contributed by atoms with van der Waals surface area (Å²) in [7, 11) is -4.61. The zero-order chi connectivity index (χ0) is 12.6. The number of hydrogen-bond donors (Lipinski definition) is 2. The molecule has 92 valence electrons. The fraction of sp³-hybridized carbons (Fsp3) is 0.100. The van der Waals surface area contributed by atoms with Gasteiger partial charge in [0.2, 0.25) is 0 Å². The normalized spacial score (nSPS) is 10.5. The average Bonchev–Trinajstić information content (AvgIpc) is 2.13. The largest absolute Gasteiger partial charge is 0.524 e. The Kier molecular flexibility index (Phi) is 6.68. The molecule has 0 aliphatic heterocycles. The Hall–Kier alpha value is -0.425. The fourth-order valence-corrected chi connectivity index (χ4v) is 1.89. The van der Waals surface area contributed by atoms with Gasteiger partial charge in [0.1, 0.15) is 11.3 Å². The molecule has 2 aromatic rings. The van der Waals surface area contributed by atoms with E-state index < -0.39 is 13.4 Å². The minimum Gasteiger partial charge on any atom is -0.423 e. The number of fused-ring (bicyclic) bond motifs is 1. The first-order valence-corrected chi connectivity index (χ1v) is 6.18. The van der Waals surface area contributed by atoms with Crippen LogP contribution in [0, 0.1) is 6.92 Å². The molecule has 0 spiro atoms. The number of hydrogen-bond acceptors (Lipinski definition) is 4. The molecule has 2 rings (SSSR count). The SMILES string of the molecule is Cc1cc(=O)oc2cc(OP(=O)(O)O)ccc12.[Li].[Li]. The molecule has 0 aliphatic rings. The van der Waals surface area contributed by atoms with Crippen LogP contribution in [0.5, 0.6) is 5.75 Å². The van der Waals surface area contributed by atoms with Gasteiger partial charge in [0.15, 0.2) is 0 Å². The van der Waals surface area contributed by atoms with Crippen molar-refractivity contribution in [3.63, 3.8) is 0 Å². The van der Waals surface area contributed by atoms with Gasteiger partial charge in [0.05, 0.1) is 0 Å². The van der Waals surface area contributed by atoms with Gasteiger partial charge in [-0.3, -0.25) is 9.79 Å². The predicted molar refractivity (Wildman–Crippen MR) is 71.4 cm³/mol. The van der Waals surface area contributed by atoms with Gasteiger partial charge in [0.25, 0.3) is 0 Å². The van der Waals surface area contributed by atoms with Crippen LogP contribution in [0.4, 0.5) is 0 Å². The molecule has 9 heteroatoms. The number of phosphoric ester groups is 1. The minimum absolute atomic E-state index is 0. The van der Waals surface area contributed by atoms with Gasteiger partial charge in [-0.05, 0) is 24.6 Å². The summed E-state index contributed by atoms with van der Waals surface area (Å²) in [4.78, 5) is 28.4. The zero-order valence-electron chi connectivity index (χ0n) is 10.8. The van der Waals surface area contributed by atoms with Crippen molar-refractivity contribution in [3.8, 4) is 5.75 Å². The Morgan fingerprint density at radius 2 is 1.84 bits per heavy atom. The second-order valence-corrected chi connectivity index (χ2v) is 4.65. The van der Waals surface area contributed by atoms with Gasteiger partial charge in [0, 0.05) is 55.2 Å². The summed E-state index contributed by atoms with van der Waals surface area (Å²) in [6.07, 6.45) is 0. The van der Waals surface area contributed by atoms with Crippen molar-refractivity contribution in [3.05, 3.63) is 40.2 Å². The Morgan fingerprint density at radius 1 is 1.21 bits per heavy atom. The number of phosphoric acid groups is 1. The van der Waals surface area contributed by atoms with Crippen LogP contribution < -0.4 is 10.1 Å². The summed E-state index contributed by atoms with van der Waals surface area (Å²) < 4.78 is 20.0. The third kappa shape index (κ3) is 4.87. The van der Waals surface area contributed by atoms with E-state index in [0.29, 0.717) is 5.39 Å². The molecule has 0 amide bonds. The van der Waals surface area contributed by atoms with E-state index in [1.54, 1.807) is 13.0 Å². The van der Waals surface area contributed by atoms with Crippen LogP contribution in [-0.4, -0.2) is 47.5 Å². The van der Waals surface area contributed by atoms with Crippen LogP contribution in [0.1, 0.15) is 5.56 Å². The van der Waals surface area contributed by atoms with Crippen LogP contribution in [0.15, 0.2) is 33.5 Å². The summed E-state index contributed by atoms with van der Waals surface area (Å²) in [5, 5.41) is 0.683. The fourth-order valence-electron chi connectivity index (χ4n) is 1.50. The van der Waals surface area contributed by atoms with E-state index in [1.165, 1.54) is 18.2 Å². The molecule has 0 bridgehead atoms. The summed E-state index contributed by atoms with van der Waals surface area (Å²) in [6, 6.07) is 5.57. The molecular weight excluding hydrogens is 261 g/mol. The number of rotatable bonds is 2. The first-order valence-electron chi connectivity index (χ1n) is 4.65. The summed E-state index contributed by atoms with van der Waals surface area (Å²) >= 11 is 0. The molecule has 0 fully saturated rings. The number of benzene rings is 1. The van der Waals surface area contributed by atoms with Crippen LogP contribution in [0.2, 0.25) is 0 Å². The summed E-state index contributed by atoms with van der Waals surface area (Å²) in [5.74, 6) is -0.0559. The van der Waals surface area contributed by atoms with Gasteiger partial charge < -0.3 is 8.94 Å². The molecule has 1 heterocycles. The van der Waals surface area contributed by atoms with Crippen LogP contribution in [0.25, 0.3) is 11.0 Å². The van der Waals surface area contributed by atoms with Crippen molar-refractivity contribution in [1.82, 2.24) is 0 Å². The standard InChI is InChI=1S/C10H9O6P.2Li/c1-6-4-10(11)15-9-5-7(2-3-8(6)9)16-17(12,13)14;;/h2-5H,1H3,(H2,12,13,14);;. The van der Waals surface area contributed by atoms with Crippen molar-refractivity contribution >= 4 is 56.5 Å². The van der Waals surface area contributed by atoms with Crippen LogP contribution in [-0.2, 0) is 4.57 Å². The first kappa shape index (κ1) is 18.6. The topological polar surface area (TPSA) is 97.0 Å². The zero-order valence-corrected chi connectivity index (χ0v) is 11.7. The van der Waals surface area contributed by atoms with E-state index >= 15 is 0 Å². The molecule has 0 saturated carbocycles. The van der Waals surface area contributed by atoms with E-state index in [2.05, 4.69) is 4.52 Å².